The Morgan fingerprint density at radius 1 is 1.25 bits per heavy atom. The first-order valence-corrected chi connectivity index (χ1v) is 7.64. The van der Waals surface area contributed by atoms with Crippen molar-refractivity contribution >= 4 is 5.91 Å². The molecule has 1 aliphatic carbocycles. The van der Waals surface area contributed by atoms with Crippen molar-refractivity contribution < 1.29 is 9.53 Å². The van der Waals surface area contributed by atoms with Crippen LogP contribution in [-0.2, 0) is 4.74 Å². The zero-order valence-corrected chi connectivity index (χ0v) is 12.6. The Labute approximate surface area is 121 Å². The summed E-state index contributed by atoms with van der Waals surface area (Å²) in [6.07, 6.45) is 6.35. The minimum atomic E-state index is 0.00830. The highest BCUT2D eigenvalue weighted by Crippen LogP contribution is 2.20. The van der Waals surface area contributed by atoms with E-state index in [1.54, 1.807) is 0 Å². The molecule has 0 atom stereocenters. The van der Waals surface area contributed by atoms with E-state index in [0.717, 1.165) is 24.2 Å². The van der Waals surface area contributed by atoms with E-state index in [-0.39, 0.29) is 5.91 Å². The number of hydrogen-bond donors (Lipinski definition) is 1. The highest BCUT2D eigenvalue weighted by molar-refractivity contribution is 5.94. The highest BCUT2D eigenvalue weighted by Gasteiger charge is 2.14. The van der Waals surface area contributed by atoms with E-state index in [9.17, 15) is 4.79 Å². The summed E-state index contributed by atoms with van der Waals surface area (Å²) in [5.74, 6) is 0.00830. The third-order valence-electron chi connectivity index (χ3n) is 4.03. The lowest BCUT2D eigenvalue weighted by atomic mass is 10.1. The number of amides is 1. The summed E-state index contributed by atoms with van der Waals surface area (Å²) in [6.45, 7) is 5.51. The van der Waals surface area contributed by atoms with Crippen LogP contribution in [0.1, 0.15) is 53.6 Å². The summed E-state index contributed by atoms with van der Waals surface area (Å²) in [5.41, 5.74) is 3.11. The molecule has 1 aromatic rings. The summed E-state index contributed by atoms with van der Waals surface area (Å²) < 4.78 is 5.77. The maximum Gasteiger partial charge on any atom is 0.251 e. The van der Waals surface area contributed by atoms with Gasteiger partial charge in [-0.15, -0.1) is 0 Å². The van der Waals surface area contributed by atoms with Gasteiger partial charge in [-0.25, -0.2) is 0 Å². The van der Waals surface area contributed by atoms with Crippen LogP contribution in [-0.4, -0.2) is 25.2 Å². The second kappa shape index (κ2) is 7.44. The Morgan fingerprint density at radius 2 is 2.00 bits per heavy atom. The predicted octanol–water partition coefficient (Wildman–Crippen LogP) is 3.38. The normalized spacial score (nSPS) is 15.5. The molecule has 1 N–H and O–H groups in total. The van der Waals surface area contributed by atoms with Gasteiger partial charge in [-0.3, -0.25) is 4.79 Å². The molecular formula is C17H25NO2. The van der Waals surface area contributed by atoms with Crippen molar-refractivity contribution in [2.75, 3.05) is 13.2 Å². The smallest absolute Gasteiger partial charge is 0.251 e. The Kier molecular flexibility index (Phi) is 5.60. The van der Waals surface area contributed by atoms with Gasteiger partial charge in [-0.05, 0) is 56.4 Å². The van der Waals surface area contributed by atoms with Crippen LogP contribution in [0.15, 0.2) is 18.2 Å². The Balaban J connectivity index is 1.65. The fourth-order valence-corrected chi connectivity index (χ4v) is 2.56. The molecular weight excluding hydrogens is 250 g/mol. The molecule has 0 bridgehead atoms. The predicted molar refractivity (Wildman–Crippen MR) is 81.1 cm³/mol. The quantitative estimate of drug-likeness (QED) is 0.808. The lowest BCUT2D eigenvalue weighted by Gasteiger charge is -2.11. The molecule has 2 rings (SSSR count). The highest BCUT2D eigenvalue weighted by atomic mass is 16.5. The number of rotatable bonds is 6. The second-order valence-electron chi connectivity index (χ2n) is 5.69. The third-order valence-corrected chi connectivity index (χ3v) is 4.03. The van der Waals surface area contributed by atoms with Crippen molar-refractivity contribution in [3.63, 3.8) is 0 Å². The summed E-state index contributed by atoms with van der Waals surface area (Å²) in [6, 6.07) is 5.82. The number of nitrogens with one attached hydrogen (secondary N) is 1. The maximum absolute atomic E-state index is 12.0. The topological polar surface area (TPSA) is 38.3 Å². The molecule has 1 aliphatic rings. The molecule has 1 fully saturated rings. The van der Waals surface area contributed by atoms with Crippen LogP contribution >= 0.6 is 0 Å². The van der Waals surface area contributed by atoms with Gasteiger partial charge >= 0.3 is 0 Å². The molecule has 1 amide bonds. The van der Waals surface area contributed by atoms with Gasteiger partial charge < -0.3 is 10.1 Å². The van der Waals surface area contributed by atoms with Crippen LogP contribution in [0.5, 0.6) is 0 Å². The summed E-state index contributed by atoms with van der Waals surface area (Å²) in [5, 5.41) is 2.95. The van der Waals surface area contributed by atoms with Crippen LogP contribution in [0.4, 0.5) is 0 Å². The number of carbonyl (C=O) groups excluding carboxylic acids is 1. The molecule has 0 radical (unpaired) electrons. The summed E-state index contributed by atoms with van der Waals surface area (Å²) in [7, 11) is 0. The molecule has 0 unspecified atom stereocenters. The van der Waals surface area contributed by atoms with E-state index in [0.29, 0.717) is 12.6 Å². The molecule has 1 saturated carbocycles. The number of hydrogen-bond acceptors (Lipinski definition) is 2. The van der Waals surface area contributed by atoms with Crippen LogP contribution in [0.25, 0.3) is 0 Å². The zero-order chi connectivity index (χ0) is 14.4. The van der Waals surface area contributed by atoms with E-state index >= 15 is 0 Å². The third kappa shape index (κ3) is 4.34. The fourth-order valence-electron chi connectivity index (χ4n) is 2.56. The average Bonchev–Trinajstić information content (AvgIpc) is 2.94. The first kappa shape index (κ1) is 15.0. The van der Waals surface area contributed by atoms with Gasteiger partial charge in [0.2, 0.25) is 0 Å². The number of ether oxygens (including phenoxy) is 1. The molecule has 3 nitrogen and oxygen atoms in total. The van der Waals surface area contributed by atoms with E-state index in [2.05, 4.69) is 12.2 Å². The lowest BCUT2D eigenvalue weighted by molar-refractivity contribution is 0.0565. The van der Waals surface area contributed by atoms with Crippen molar-refractivity contribution in [1.82, 2.24) is 5.32 Å². The zero-order valence-electron chi connectivity index (χ0n) is 12.6. The molecule has 0 aliphatic heterocycles. The fraction of sp³-hybridized carbons (Fsp3) is 0.588. The van der Waals surface area contributed by atoms with Gasteiger partial charge in [0.15, 0.2) is 0 Å². The molecule has 20 heavy (non-hydrogen) atoms. The molecule has 0 saturated heterocycles. The molecule has 0 aromatic heterocycles. The van der Waals surface area contributed by atoms with Crippen molar-refractivity contribution in [2.24, 2.45) is 0 Å². The molecule has 0 spiro atoms. The SMILES string of the molecule is Cc1ccc(C(=O)NCCCOC2CCCC2)cc1C. The molecule has 1 aromatic carbocycles. The van der Waals surface area contributed by atoms with Crippen LogP contribution < -0.4 is 5.32 Å². The van der Waals surface area contributed by atoms with Crippen molar-refractivity contribution in [1.29, 1.82) is 0 Å². The second-order valence-corrected chi connectivity index (χ2v) is 5.69. The summed E-state index contributed by atoms with van der Waals surface area (Å²) in [4.78, 5) is 12.0. The van der Waals surface area contributed by atoms with E-state index < -0.39 is 0 Å². The molecule has 3 heteroatoms. The lowest BCUT2D eigenvalue weighted by Crippen LogP contribution is -2.25. The minimum absolute atomic E-state index is 0.00830. The monoisotopic (exact) mass is 275 g/mol. The maximum atomic E-state index is 12.0. The van der Waals surface area contributed by atoms with Crippen molar-refractivity contribution in [2.45, 2.75) is 52.1 Å². The van der Waals surface area contributed by atoms with Crippen LogP contribution in [0, 0.1) is 13.8 Å². The average molecular weight is 275 g/mol. The van der Waals surface area contributed by atoms with Gasteiger partial charge in [0.05, 0.1) is 6.10 Å². The van der Waals surface area contributed by atoms with Crippen molar-refractivity contribution in [3.8, 4) is 0 Å². The van der Waals surface area contributed by atoms with Gasteiger partial charge in [0, 0.05) is 18.7 Å². The Bertz CT molecular complexity index is 450. The van der Waals surface area contributed by atoms with Crippen LogP contribution in [0.3, 0.4) is 0 Å². The largest absolute Gasteiger partial charge is 0.378 e. The van der Waals surface area contributed by atoms with Gasteiger partial charge in [0.1, 0.15) is 0 Å². The van der Waals surface area contributed by atoms with Crippen LogP contribution in [0.2, 0.25) is 0 Å². The van der Waals surface area contributed by atoms with E-state index in [1.807, 2.05) is 25.1 Å². The number of aryl methyl sites for hydroxylation is 2. The Hall–Kier alpha value is -1.35. The molecule has 110 valence electrons. The number of benzene rings is 1. The first-order chi connectivity index (χ1) is 9.66. The first-order valence-electron chi connectivity index (χ1n) is 7.64. The van der Waals surface area contributed by atoms with Crippen molar-refractivity contribution in [3.05, 3.63) is 34.9 Å². The van der Waals surface area contributed by atoms with Gasteiger partial charge in [-0.2, -0.15) is 0 Å². The number of carbonyl (C=O) groups is 1. The standard InChI is InChI=1S/C17H25NO2/c1-13-8-9-15(12-14(13)2)17(19)18-10-5-11-20-16-6-3-4-7-16/h8-9,12,16H,3-7,10-11H2,1-2H3,(H,18,19). The van der Waals surface area contributed by atoms with Gasteiger partial charge in [-0.1, -0.05) is 18.9 Å². The Morgan fingerprint density at radius 3 is 2.70 bits per heavy atom. The summed E-state index contributed by atoms with van der Waals surface area (Å²) >= 11 is 0. The van der Waals surface area contributed by atoms with Gasteiger partial charge in [0.25, 0.3) is 5.91 Å². The van der Waals surface area contributed by atoms with E-state index in [4.69, 9.17) is 4.74 Å². The molecule has 0 heterocycles. The van der Waals surface area contributed by atoms with E-state index in [1.165, 1.54) is 31.2 Å². The minimum Gasteiger partial charge on any atom is -0.378 e.